The van der Waals surface area contributed by atoms with Crippen molar-refractivity contribution in [1.29, 1.82) is 0 Å². The second kappa shape index (κ2) is 32.6. The van der Waals surface area contributed by atoms with Crippen LogP contribution >= 0.6 is 0 Å². The van der Waals surface area contributed by atoms with Gasteiger partial charge in [0.15, 0.2) is 23.0 Å². The molecule has 37 heteroatoms. The van der Waals surface area contributed by atoms with Crippen LogP contribution in [0.1, 0.15) is 139 Å². The van der Waals surface area contributed by atoms with E-state index >= 15 is 0 Å². The van der Waals surface area contributed by atoms with Crippen LogP contribution in [0.15, 0.2) is 73.6 Å². The molecule has 582 valence electrons. The summed E-state index contributed by atoms with van der Waals surface area (Å²) in [4.78, 5) is 190. The average molecular weight is 1520 g/mol. The number of nitrogens with zero attached hydrogens (tertiary/aromatic N) is 15. The SMILES string of the molecule is Cn1cc(Nc2nc(N3CCCC(NC(=O)C4CCN(CC5CN(c6ccc7c(c6)C(=O)N(C6CCC(=O)NC6=O)C7=O)C5)CC4)C3)cnc2C(N)=O)cn1.Cn1cc(Nc2nc(N3CCCC(NC(=O)C4CCNCC4)C3)cnc2C(N)=O)cn1.O=CC1CN(c2ccc3c(c2)C(=O)N(C2CCC(=O)NC2=O)C3=O)C1. The number of primary amides is 2. The second-order valence-electron chi connectivity index (χ2n) is 29.7. The van der Waals surface area contributed by atoms with Crippen molar-refractivity contribution in [1.82, 2.24) is 80.8 Å². The summed E-state index contributed by atoms with van der Waals surface area (Å²) in [6.45, 7) is 9.94. The number of aldehydes is 1. The predicted octanol–water partition coefficient (Wildman–Crippen LogP) is 0.247. The molecule has 8 saturated heterocycles. The van der Waals surface area contributed by atoms with Crippen LogP contribution in [0.3, 0.4) is 0 Å². The summed E-state index contributed by atoms with van der Waals surface area (Å²) in [5, 5.41) is 28.6. The first-order chi connectivity index (χ1) is 53.5. The lowest BCUT2D eigenvalue weighted by Crippen LogP contribution is -2.54. The number of amides is 12. The summed E-state index contributed by atoms with van der Waals surface area (Å²) < 4.78 is 3.27. The lowest BCUT2D eigenvalue weighted by molar-refractivity contribution is -0.137. The summed E-state index contributed by atoms with van der Waals surface area (Å²) in [5.74, 6) is -3.00. The average Bonchev–Trinajstić information content (AvgIpc) is 1.61. The van der Waals surface area contributed by atoms with Crippen molar-refractivity contribution in [3.05, 3.63) is 107 Å². The third-order valence-electron chi connectivity index (χ3n) is 21.9. The molecule has 4 atom stereocenters. The number of nitrogens with one attached hydrogen (secondary N) is 7. The van der Waals surface area contributed by atoms with Crippen molar-refractivity contribution in [2.75, 3.05) is 115 Å². The van der Waals surface area contributed by atoms with E-state index < -0.39 is 71.2 Å². The zero-order valence-corrected chi connectivity index (χ0v) is 61.5. The van der Waals surface area contributed by atoms with Crippen molar-refractivity contribution in [2.45, 2.75) is 101 Å². The number of benzene rings is 2. The monoisotopic (exact) mass is 1520 g/mol. The van der Waals surface area contributed by atoms with Crippen LogP contribution in [-0.4, -0.2) is 241 Å². The summed E-state index contributed by atoms with van der Waals surface area (Å²) in [5.41, 5.74) is 15.2. The Bertz CT molecular complexity index is 4690. The third kappa shape index (κ3) is 16.7. The highest BCUT2D eigenvalue weighted by molar-refractivity contribution is 6.25. The molecule has 37 nitrogen and oxygen atoms in total. The maximum atomic E-state index is 13.4. The van der Waals surface area contributed by atoms with Crippen LogP contribution in [0.5, 0.6) is 0 Å². The number of aromatic nitrogens is 8. The molecule has 111 heavy (non-hydrogen) atoms. The molecule has 0 radical (unpaired) electrons. The number of hydrogen-bond donors (Lipinski definition) is 9. The van der Waals surface area contributed by atoms with Crippen LogP contribution in [-0.2, 0) is 47.7 Å². The molecule has 4 aromatic heterocycles. The summed E-state index contributed by atoms with van der Waals surface area (Å²) in [6.07, 6.45) is 18.1. The summed E-state index contributed by atoms with van der Waals surface area (Å²) >= 11 is 0. The van der Waals surface area contributed by atoms with E-state index in [4.69, 9.17) is 11.5 Å². The van der Waals surface area contributed by atoms with E-state index in [1.54, 1.807) is 91.0 Å². The zero-order valence-electron chi connectivity index (χ0n) is 61.5. The largest absolute Gasteiger partial charge is 0.371 e. The molecule has 14 heterocycles. The Morgan fingerprint density at radius 3 is 1.39 bits per heavy atom. The molecular weight excluding hydrogens is 1430 g/mol. The minimum atomic E-state index is -0.985. The molecule has 0 saturated carbocycles. The van der Waals surface area contributed by atoms with Gasteiger partial charge < -0.3 is 67.3 Å². The summed E-state index contributed by atoms with van der Waals surface area (Å²) in [7, 11) is 3.59. The minimum absolute atomic E-state index is 0.00874. The Balaban J connectivity index is 0.000000154. The highest BCUT2D eigenvalue weighted by atomic mass is 16.2. The first kappa shape index (κ1) is 75.7. The Labute approximate surface area is 636 Å². The van der Waals surface area contributed by atoms with Crippen LogP contribution in [0.25, 0.3) is 0 Å². The number of carbonyl (C=O) groups excluding carboxylic acids is 13. The van der Waals surface area contributed by atoms with Crippen LogP contribution in [0.4, 0.5) is 46.0 Å². The molecule has 6 aromatic rings. The number of rotatable bonds is 19. The van der Waals surface area contributed by atoms with Gasteiger partial charge in [-0.2, -0.15) is 10.2 Å². The number of nitrogens with two attached hydrogens (primary N) is 2. The van der Waals surface area contributed by atoms with Gasteiger partial charge in [-0.05, 0) is 127 Å². The lowest BCUT2D eigenvalue weighted by Gasteiger charge is -2.44. The molecule has 4 unspecified atom stereocenters. The second-order valence-corrected chi connectivity index (χ2v) is 29.7. The number of piperidine rings is 6. The van der Waals surface area contributed by atoms with Crippen molar-refractivity contribution >= 4 is 123 Å². The van der Waals surface area contributed by atoms with E-state index in [1.165, 1.54) is 0 Å². The zero-order chi connectivity index (χ0) is 77.9. The maximum absolute atomic E-state index is 13.4. The highest BCUT2D eigenvalue weighted by Crippen LogP contribution is 2.37. The minimum Gasteiger partial charge on any atom is -0.371 e. The molecule has 0 bridgehead atoms. The third-order valence-corrected chi connectivity index (χ3v) is 21.9. The van der Waals surface area contributed by atoms with Gasteiger partial charge in [0, 0.05) is 145 Å². The Hall–Kier alpha value is -12.2. The molecular formula is C74H88N24O13. The van der Waals surface area contributed by atoms with Gasteiger partial charge in [0.1, 0.15) is 30.0 Å². The normalized spacial score (nSPS) is 21.9. The van der Waals surface area contributed by atoms with Crippen LogP contribution in [0.2, 0.25) is 0 Å². The molecule has 0 spiro atoms. The fourth-order valence-electron chi connectivity index (χ4n) is 15.9. The van der Waals surface area contributed by atoms with E-state index in [1.807, 2.05) is 11.0 Å². The standard InChI is InChI=1S/C37H44N12O6.C20H29N9O2.C17H15N3O5/c1-45-19-24(14-40-45)41-33-31(32(38)51)39-15-29(43-33)47-10-2-3-23(20-47)42-34(52)22-8-11-46(12-9-22)16-21-17-48(18-21)25-4-5-26-27(13-25)37(55)49(36(26)54)28-6-7-30(50)44-35(28)53;1-28-11-15(9-24-28)25-19-17(18(21)30)23-10-16(27-19)29-8-2-3-14(12-29)26-20(31)13-4-6-22-7-5-13;21-8-9-6-19(7-9)10-1-2-11-12(5-10)17(25)20(16(11)24)13-3-4-14(22)18-15(13)23/h4-5,13-15,19,21-23,28H,2-3,6-12,16-18,20H2,1H3,(H2,38,51)(H,41,43)(H,42,52)(H,44,50,53);9-11,13-14,22H,2-8,12H2,1H3,(H2,21,30)(H,25,27)(H,26,31);1-2,5,8-9,13H,3-4,6-7H2,(H,18,22,23). The van der Waals surface area contributed by atoms with Gasteiger partial charge in [0.05, 0.1) is 58.4 Å². The molecule has 16 rings (SSSR count). The highest BCUT2D eigenvalue weighted by Gasteiger charge is 2.47. The first-order valence-corrected chi connectivity index (χ1v) is 37.5. The fraction of sp³-hybridized carbons (Fsp3) is 0.473. The molecule has 10 aliphatic rings. The lowest BCUT2D eigenvalue weighted by atomic mass is 9.92. The predicted molar refractivity (Wildman–Crippen MR) is 399 cm³/mol. The molecule has 12 amide bonds. The van der Waals surface area contributed by atoms with Gasteiger partial charge in [-0.25, -0.2) is 19.9 Å². The molecule has 2 aromatic carbocycles. The topological polar surface area (TPSA) is 468 Å². The van der Waals surface area contributed by atoms with E-state index in [2.05, 4.69) is 87.0 Å². The Kier molecular flexibility index (Phi) is 22.2. The quantitative estimate of drug-likeness (QED) is 0.0387. The smallest absolute Gasteiger partial charge is 0.271 e. The van der Waals surface area contributed by atoms with E-state index in [9.17, 15) is 62.3 Å². The van der Waals surface area contributed by atoms with Gasteiger partial charge >= 0.3 is 0 Å². The van der Waals surface area contributed by atoms with Crippen molar-refractivity contribution in [3.8, 4) is 0 Å². The molecule has 0 aliphatic carbocycles. The number of fused-ring (bicyclic) bond motifs is 2. The van der Waals surface area contributed by atoms with E-state index in [0.717, 1.165) is 138 Å². The Morgan fingerprint density at radius 1 is 0.523 bits per heavy atom. The van der Waals surface area contributed by atoms with E-state index in [-0.39, 0.29) is 107 Å². The van der Waals surface area contributed by atoms with Crippen molar-refractivity contribution in [3.63, 3.8) is 0 Å². The molecule has 10 aliphatic heterocycles. The maximum Gasteiger partial charge on any atom is 0.271 e. The van der Waals surface area contributed by atoms with Gasteiger partial charge in [-0.15, -0.1) is 0 Å². The number of hydrogen-bond acceptors (Lipinski definition) is 27. The molecule has 11 N–H and O–H groups in total. The molecule has 8 fully saturated rings. The number of aryl methyl sites for hydroxylation is 2. The van der Waals surface area contributed by atoms with Crippen molar-refractivity contribution in [2.24, 2.45) is 49.2 Å². The van der Waals surface area contributed by atoms with E-state index in [0.29, 0.717) is 60.9 Å². The summed E-state index contributed by atoms with van der Waals surface area (Å²) in [6, 6.07) is 8.24. The first-order valence-electron chi connectivity index (χ1n) is 37.5. The van der Waals surface area contributed by atoms with Gasteiger partial charge in [-0.3, -0.25) is 87.3 Å². The number of anilines is 8. The van der Waals surface area contributed by atoms with Crippen LogP contribution < -0.4 is 68.3 Å². The number of likely N-dealkylation sites (tertiary alicyclic amines) is 1. The fourth-order valence-corrected chi connectivity index (χ4v) is 15.9. The number of imide groups is 4. The van der Waals surface area contributed by atoms with Gasteiger partial charge in [-0.1, -0.05) is 0 Å². The Morgan fingerprint density at radius 2 is 0.964 bits per heavy atom. The van der Waals surface area contributed by atoms with Gasteiger partial charge in [0.25, 0.3) is 35.4 Å². The van der Waals surface area contributed by atoms with Gasteiger partial charge in [0.2, 0.25) is 35.4 Å². The van der Waals surface area contributed by atoms with Crippen molar-refractivity contribution < 1.29 is 62.3 Å². The van der Waals surface area contributed by atoms with Crippen LogP contribution in [0, 0.1) is 23.7 Å². The number of carbonyl (C=O) groups is 13.